The fraction of sp³-hybridized carbons (Fsp3) is 0.0714. The smallest absolute Gasteiger partial charge is 1.00 e. The molecule has 0 amide bonds. The van der Waals surface area contributed by atoms with Crippen LogP contribution in [0.15, 0.2) is 54.6 Å². The third-order valence-corrected chi connectivity index (χ3v) is 2.21. The van der Waals surface area contributed by atoms with Crippen LogP contribution in [0, 0.1) is 6.92 Å². The minimum atomic E-state index is -0.328. The van der Waals surface area contributed by atoms with Gasteiger partial charge in [-0.15, -0.1) is 0 Å². The van der Waals surface area contributed by atoms with Gasteiger partial charge in [0.2, 0.25) is 0 Å². The molecule has 0 atom stereocenters. The molecular weight excluding hydrogens is 223 g/mol. The van der Waals surface area contributed by atoms with Crippen molar-refractivity contribution in [3.63, 3.8) is 0 Å². The maximum atomic E-state index is 11.7. The van der Waals surface area contributed by atoms with Crippen LogP contribution < -0.4 is 34.3 Å². The van der Waals surface area contributed by atoms with Crippen LogP contribution in [-0.4, -0.2) is 5.97 Å². The molecule has 0 saturated carbocycles. The van der Waals surface area contributed by atoms with E-state index in [1.165, 1.54) is 0 Å². The zero-order valence-electron chi connectivity index (χ0n) is 11.0. The van der Waals surface area contributed by atoms with Crippen molar-refractivity contribution in [2.45, 2.75) is 6.92 Å². The third kappa shape index (κ3) is 4.00. The molecule has 0 fully saturated rings. The molecule has 17 heavy (non-hydrogen) atoms. The molecule has 2 nitrogen and oxygen atoms in total. The van der Waals surface area contributed by atoms with Gasteiger partial charge in [0.05, 0.1) is 5.56 Å². The van der Waals surface area contributed by atoms with E-state index in [0.717, 1.165) is 5.56 Å². The predicted molar refractivity (Wildman–Crippen MR) is 63.7 cm³/mol. The molecule has 0 aromatic heterocycles. The molecule has 0 bridgehead atoms. The van der Waals surface area contributed by atoms with Gasteiger partial charge in [-0.25, -0.2) is 4.79 Å². The summed E-state index contributed by atoms with van der Waals surface area (Å²) in [5.41, 5.74) is 1.63. The van der Waals surface area contributed by atoms with Crippen LogP contribution in [0.25, 0.3) is 0 Å². The van der Waals surface area contributed by atoms with Crippen LogP contribution >= 0.6 is 0 Å². The number of hydrogen-bond donors (Lipinski definition) is 0. The number of carbonyl (C=O) groups excluding carboxylic acids is 1. The van der Waals surface area contributed by atoms with Crippen molar-refractivity contribution in [3.8, 4) is 5.75 Å². The van der Waals surface area contributed by atoms with Crippen molar-refractivity contribution in [1.82, 2.24) is 0 Å². The van der Waals surface area contributed by atoms with Crippen molar-refractivity contribution in [3.05, 3.63) is 65.7 Å². The fourth-order valence-electron chi connectivity index (χ4n) is 1.42. The van der Waals surface area contributed by atoms with Gasteiger partial charge >= 0.3 is 35.5 Å². The Bertz CT molecular complexity index is 500. The number of esters is 1. The molecule has 2 aromatic rings. The Morgan fingerprint density at radius 1 is 1.06 bits per heavy atom. The second-order valence-corrected chi connectivity index (χ2v) is 3.57. The van der Waals surface area contributed by atoms with Crippen LogP contribution in [0.5, 0.6) is 5.75 Å². The topological polar surface area (TPSA) is 26.3 Å². The van der Waals surface area contributed by atoms with Crippen molar-refractivity contribution < 1.29 is 40.5 Å². The van der Waals surface area contributed by atoms with Crippen LogP contribution in [-0.2, 0) is 0 Å². The van der Waals surface area contributed by atoms with Gasteiger partial charge in [0.25, 0.3) is 0 Å². The van der Waals surface area contributed by atoms with Crippen LogP contribution in [0.1, 0.15) is 17.3 Å². The van der Waals surface area contributed by atoms with Gasteiger partial charge in [-0.3, -0.25) is 0 Å². The van der Waals surface area contributed by atoms with Gasteiger partial charge in [-0.05, 0) is 36.8 Å². The van der Waals surface area contributed by atoms with Crippen molar-refractivity contribution in [1.29, 1.82) is 0 Å². The number of hydrogen-bond acceptors (Lipinski definition) is 2. The summed E-state index contributed by atoms with van der Waals surface area (Å²) in [6, 6.07) is 16.4. The average Bonchev–Trinajstić information content (AvgIpc) is 2.30. The number of ether oxygens (including phenoxy) is 1. The van der Waals surface area contributed by atoms with E-state index in [2.05, 4.69) is 0 Å². The number of rotatable bonds is 2. The molecular formula is C14H13NaO2. The van der Waals surface area contributed by atoms with E-state index in [0.29, 0.717) is 11.3 Å². The van der Waals surface area contributed by atoms with Gasteiger partial charge in [0.1, 0.15) is 5.75 Å². The molecule has 0 aliphatic heterocycles. The maximum Gasteiger partial charge on any atom is 1.00 e. The number of aryl methyl sites for hydroxylation is 1. The maximum absolute atomic E-state index is 11.7. The van der Waals surface area contributed by atoms with E-state index in [-0.39, 0.29) is 37.0 Å². The first-order chi connectivity index (χ1) is 7.75. The molecule has 3 heteroatoms. The summed E-state index contributed by atoms with van der Waals surface area (Å²) in [6.45, 7) is 1.96. The van der Waals surface area contributed by atoms with E-state index >= 15 is 0 Å². The SMILES string of the molecule is Cc1cccc(OC(=O)c2ccccc2)c1.[H-].[Na+]. The normalized spacial score (nSPS) is 9.24. The van der Waals surface area contributed by atoms with Gasteiger partial charge in [-0.1, -0.05) is 30.3 Å². The summed E-state index contributed by atoms with van der Waals surface area (Å²) in [5.74, 6) is 0.250. The summed E-state index contributed by atoms with van der Waals surface area (Å²) in [7, 11) is 0. The minimum Gasteiger partial charge on any atom is -1.00 e. The summed E-state index contributed by atoms with van der Waals surface area (Å²) in [4.78, 5) is 11.7. The molecule has 2 aromatic carbocycles. The van der Waals surface area contributed by atoms with Gasteiger partial charge in [-0.2, -0.15) is 0 Å². The van der Waals surface area contributed by atoms with E-state index < -0.39 is 0 Å². The molecule has 0 unspecified atom stereocenters. The molecule has 0 aliphatic carbocycles. The Morgan fingerprint density at radius 2 is 1.76 bits per heavy atom. The molecule has 0 saturated heterocycles. The first-order valence-corrected chi connectivity index (χ1v) is 5.09. The first-order valence-electron chi connectivity index (χ1n) is 5.09. The fourth-order valence-corrected chi connectivity index (χ4v) is 1.42. The van der Waals surface area contributed by atoms with E-state index in [9.17, 15) is 4.79 Å². The Kier molecular flexibility index (Phi) is 5.42. The molecule has 82 valence electrons. The number of benzene rings is 2. The van der Waals surface area contributed by atoms with Gasteiger partial charge in [0, 0.05) is 0 Å². The second-order valence-electron chi connectivity index (χ2n) is 3.57. The minimum absolute atomic E-state index is 0. The van der Waals surface area contributed by atoms with Gasteiger partial charge < -0.3 is 6.16 Å². The van der Waals surface area contributed by atoms with Crippen molar-refractivity contribution in [2.75, 3.05) is 0 Å². The van der Waals surface area contributed by atoms with Gasteiger partial charge in [0.15, 0.2) is 0 Å². The van der Waals surface area contributed by atoms with E-state index in [1.54, 1.807) is 18.2 Å². The zero-order chi connectivity index (χ0) is 11.4. The van der Waals surface area contributed by atoms with E-state index in [4.69, 9.17) is 4.74 Å². The largest absolute Gasteiger partial charge is 1.00 e. The Labute approximate surface area is 124 Å². The molecule has 2 rings (SSSR count). The summed E-state index contributed by atoms with van der Waals surface area (Å²) in [5, 5.41) is 0. The Balaban J connectivity index is 0.00000144. The molecule has 0 N–H and O–H groups in total. The van der Waals surface area contributed by atoms with Crippen molar-refractivity contribution in [2.24, 2.45) is 0 Å². The van der Waals surface area contributed by atoms with Crippen LogP contribution in [0.2, 0.25) is 0 Å². The monoisotopic (exact) mass is 236 g/mol. The number of carbonyl (C=O) groups is 1. The quantitative estimate of drug-likeness (QED) is 0.427. The van der Waals surface area contributed by atoms with Crippen LogP contribution in [0.4, 0.5) is 0 Å². The first kappa shape index (κ1) is 14.0. The summed E-state index contributed by atoms with van der Waals surface area (Å²) >= 11 is 0. The van der Waals surface area contributed by atoms with E-state index in [1.807, 2.05) is 43.3 Å². The predicted octanol–water partition coefficient (Wildman–Crippen LogP) is 0.331. The second kappa shape index (κ2) is 6.60. The summed E-state index contributed by atoms with van der Waals surface area (Å²) < 4.78 is 5.24. The Morgan fingerprint density at radius 3 is 2.41 bits per heavy atom. The third-order valence-electron chi connectivity index (χ3n) is 2.21. The Hall–Kier alpha value is -1.09. The van der Waals surface area contributed by atoms with Crippen LogP contribution in [0.3, 0.4) is 0 Å². The molecule has 0 heterocycles. The molecule has 0 radical (unpaired) electrons. The standard InChI is InChI=1S/C14H12O2.Na.H/c1-11-6-5-9-13(10-11)16-14(15)12-7-3-2-4-8-12;;/h2-10H,1H3;;/q;+1;-1. The van der Waals surface area contributed by atoms with Crippen molar-refractivity contribution >= 4 is 5.97 Å². The molecule has 0 aliphatic rings. The molecule has 0 spiro atoms. The average molecular weight is 236 g/mol. The summed E-state index contributed by atoms with van der Waals surface area (Å²) in [6.07, 6.45) is 0. The zero-order valence-corrected chi connectivity index (χ0v) is 12.0.